The second kappa shape index (κ2) is 9.99. The van der Waals surface area contributed by atoms with Crippen LogP contribution in [0.4, 0.5) is 0 Å². The van der Waals surface area contributed by atoms with Crippen LogP contribution in [0.1, 0.15) is 36.6 Å². The highest BCUT2D eigenvalue weighted by molar-refractivity contribution is 6.03. The van der Waals surface area contributed by atoms with Crippen molar-refractivity contribution < 1.29 is 18.7 Å². The lowest BCUT2D eigenvalue weighted by Crippen LogP contribution is -2.51. The molecule has 1 aromatic carbocycles. The maximum atomic E-state index is 13.3. The first-order valence-electron chi connectivity index (χ1n) is 11.9. The van der Waals surface area contributed by atoms with E-state index in [-0.39, 0.29) is 17.9 Å². The van der Waals surface area contributed by atoms with E-state index in [0.29, 0.717) is 25.6 Å². The summed E-state index contributed by atoms with van der Waals surface area (Å²) in [6, 6.07) is 11.6. The first-order valence-corrected chi connectivity index (χ1v) is 11.9. The van der Waals surface area contributed by atoms with Gasteiger partial charge in [-0.2, -0.15) is 5.10 Å². The smallest absolute Gasteiger partial charge is 0.257 e. The zero-order valence-corrected chi connectivity index (χ0v) is 19.5. The molecular weight excluding hydrogens is 434 g/mol. The van der Waals surface area contributed by atoms with Crippen LogP contribution >= 0.6 is 0 Å². The number of benzene rings is 1. The largest absolute Gasteiger partial charge is 0.497 e. The first-order chi connectivity index (χ1) is 16.6. The normalized spacial score (nSPS) is 21.4. The van der Waals surface area contributed by atoms with Gasteiger partial charge in [0.05, 0.1) is 32.2 Å². The van der Waals surface area contributed by atoms with E-state index in [0.717, 1.165) is 61.8 Å². The van der Waals surface area contributed by atoms with Crippen molar-refractivity contribution >= 4 is 17.5 Å². The van der Waals surface area contributed by atoms with Gasteiger partial charge in [-0.3, -0.25) is 19.4 Å². The molecule has 0 radical (unpaired) electrons. The second-order valence-corrected chi connectivity index (χ2v) is 9.14. The fraction of sp³-hybridized carbons (Fsp3) is 0.480. The van der Waals surface area contributed by atoms with Gasteiger partial charge in [-0.1, -0.05) is 0 Å². The van der Waals surface area contributed by atoms with Crippen LogP contribution in [0.15, 0.2) is 52.2 Å². The van der Waals surface area contributed by atoms with Gasteiger partial charge in [-0.05, 0) is 54.8 Å². The van der Waals surface area contributed by atoms with Crippen molar-refractivity contribution in [2.24, 2.45) is 5.10 Å². The van der Waals surface area contributed by atoms with Gasteiger partial charge in [-0.25, -0.2) is 5.01 Å². The molecule has 0 bridgehead atoms. The van der Waals surface area contributed by atoms with Gasteiger partial charge in [0.1, 0.15) is 17.6 Å². The van der Waals surface area contributed by atoms with Gasteiger partial charge in [-0.15, -0.1) is 0 Å². The molecule has 9 heteroatoms. The summed E-state index contributed by atoms with van der Waals surface area (Å²) in [5.74, 6) is 1.56. The van der Waals surface area contributed by atoms with Crippen LogP contribution in [0, 0.1) is 0 Å². The van der Waals surface area contributed by atoms with Gasteiger partial charge in [0.25, 0.3) is 5.91 Å². The van der Waals surface area contributed by atoms with E-state index in [1.165, 1.54) is 0 Å². The van der Waals surface area contributed by atoms with Crippen molar-refractivity contribution in [1.29, 1.82) is 0 Å². The SMILES string of the molecule is COc1ccc(C2=NN(C(=O)CN3CCN(CC(=O)NC4CC4)CC3)C(c3ccco3)C2)cc1. The molecular formula is C25H31N5O4. The van der Waals surface area contributed by atoms with Crippen molar-refractivity contribution in [2.75, 3.05) is 46.4 Å². The third-order valence-electron chi connectivity index (χ3n) is 6.59. The predicted octanol–water partition coefficient (Wildman–Crippen LogP) is 1.86. The molecule has 1 aliphatic carbocycles. The maximum Gasteiger partial charge on any atom is 0.257 e. The van der Waals surface area contributed by atoms with Crippen LogP contribution in [-0.2, 0) is 9.59 Å². The summed E-state index contributed by atoms with van der Waals surface area (Å²) < 4.78 is 10.9. The molecule has 3 heterocycles. The van der Waals surface area contributed by atoms with Gasteiger partial charge in [0, 0.05) is 38.6 Å². The Morgan fingerprint density at radius 2 is 1.76 bits per heavy atom. The van der Waals surface area contributed by atoms with Crippen LogP contribution in [0.3, 0.4) is 0 Å². The van der Waals surface area contributed by atoms with Crippen LogP contribution in [0.2, 0.25) is 0 Å². The van der Waals surface area contributed by atoms with E-state index in [1.54, 1.807) is 18.4 Å². The lowest BCUT2D eigenvalue weighted by molar-refractivity contribution is -0.135. The summed E-state index contributed by atoms with van der Waals surface area (Å²) in [7, 11) is 1.64. The Kier molecular flexibility index (Phi) is 6.64. The minimum atomic E-state index is -0.257. The lowest BCUT2D eigenvalue weighted by Gasteiger charge is -2.34. The molecule has 1 aromatic heterocycles. The number of amides is 2. The van der Waals surface area contributed by atoms with Gasteiger partial charge in [0.2, 0.25) is 5.91 Å². The fourth-order valence-electron chi connectivity index (χ4n) is 4.47. The number of nitrogens with zero attached hydrogens (tertiary/aromatic N) is 4. The Morgan fingerprint density at radius 3 is 2.38 bits per heavy atom. The molecule has 2 fully saturated rings. The Bertz CT molecular complexity index is 1020. The van der Waals surface area contributed by atoms with Crippen molar-refractivity contribution in [3.05, 3.63) is 54.0 Å². The van der Waals surface area contributed by atoms with Crippen LogP contribution in [0.25, 0.3) is 0 Å². The summed E-state index contributed by atoms with van der Waals surface area (Å²) in [5.41, 5.74) is 1.81. The number of piperazine rings is 1. The second-order valence-electron chi connectivity index (χ2n) is 9.14. The Labute approximate surface area is 199 Å². The number of hydrogen-bond donors (Lipinski definition) is 1. The monoisotopic (exact) mass is 465 g/mol. The molecule has 1 unspecified atom stereocenters. The summed E-state index contributed by atoms with van der Waals surface area (Å²) in [4.78, 5) is 29.7. The number of carbonyl (C=O) groups excluding carboxylic acids is 2. The zero-order valence-electron chi connectivity index (χ0n) is 19.5. The molecule has 180 valence electrons. The van der Waals surface area contributed by atoms with Crippen molar-refractivity contribution in [2.45, 2.75) is 31.3 Å². The average molecular weight is 466 g/mol. The molecule has 3 aliphatic rings. The molecule has 1 saturated heterocycles. The van der Waals surface area contributed by atoms with E-state index < -0.39 is 0 Å². The molecule has 1 atom stereocenters. The third-order valence-corrected chi connectivity index (χ3v) is 6.59. The van der Waals surface area contributed by atoms with E-state index in [1.807, 2.05) is 36.4 Å². The summed E-state index contributed by atoms with van der Waals surface area (Å²) in [5, 5.41) is 9.33. The highest BCUT2D eigenvalue weighted by Gasteiger charge is 2.36. The van der Waals surface area contributed by atoms with Crippen LogP contribution in [-0.4, -0.2) is 84.8 Å². The van der Waals surface area contributed by atoms with Crippen molar-refractivity contribution in [3.8, 4) is 5.75 Å². The maximum absolute atomic E-state index is 13.3. The van der Waals surface area contributed by atoms with Gasteiger partial charge in [0.15, 0.2) is 0 Å². The van der Waals surface area contributed by atoms with E-state index in [9.17, 15) is 9.59 Å². The molecule has 2 aliphatic heterocycles. The number of hydrogen-bond acceptors (Lipinski definition) is 7. The number of nitrogens with one attached hydrogen (secondary N) is 1. The Hall–Kier alpha value is -3.17. The summed E-state index contributed by atoms with van der Waals surface area (Å²) in [6.45, 7) is 3.76. The quantitative estimate of drug-likeness (QED) is 0.640. The molecule has 0 spiro atoms. The van der Waals surface area contributed by atoms with Crippen LogP contribution < -0.4 is 10.1 Å². The van der Waals surface area contributed by atoms with E-state index >= 15 is 0 Å². The summed E-state index contributed by atoms with van der Waals surface area (Å²) in [6.07, 6.45) is 4.41. The van der Waals surface area contributed by atoms with Gasteiger partial charge >= 0.3 is 0 Å². The van der Waals surface area contributed by atoms with Crippen molar-refractivity contribution in [3.63, 3.8) is 0 Å². The number of methoxy groups -OCH3 is 1. The average Bonchev–Trinajstić information content (AvgIpc) is 3.32. The van der Waals surface area contributed by atoms with Gasteiger partial charge < -0.3 is 14.5 Å². The topological polar surface area (TPSA) is 90.6 Å². The van der Waals surface area contributed by atoms with E-state index in [2.05, 4.69) is 15.1 Å². The molecule has 1 N–H and O–H groups in total. The number of ether oxygens (including phenoxy) is 1. The highest BCUT2D eigenvalue weighted by atomic mass is 16.5. The number of furan rings is 1. The fourth-order valence-corrected chi connectivity index (χ4v) is 4.47. The van der Waals surface area contributed by atoms with Crippen molar-refractivity contribution in [1.82, 2.24) is 20.1 Å². The molecule has 5 rings (SSSR count). The third kappa shape index (κ3) is 5.31. The molecule has 2 aromatic rings. The molecule has 34 heavy (non-hydrogen) atoms. The molecule has 1 saturated carbocycles. The Balaban J connectivity index is 1.21. The predicted molar refractivity (Wildman–Crippen MR) is 126 cm³/mol. The minimum Gasteiger partial charge on any atom is -0.497 e. The zero-order chi connectivity index (χ0) is 23.5. The standard InChI is InChI=1S/C25H31N5O4/c1-33-20-8-4-18(5-9-20)21-15-22(23-3-2-14-34-23)30(27-21)25(32)17-29-12-10-28(11-13-29)16-24(31)26-19-6-7-19/h2-5,8-9,14,19,22H,6-7,10-13,15-17H2,1H3,(H,26,31). The van der Waals surface area contributed by atoms with Crippen LogP contribution in [0.5, 0.6) is 5.75 Å². The molecule has 9 nitrogen and oxygen atoms in total. The lowest BCUT2D eigenvalue weighted by atomic mass is 10.0. The van der Waals surface area contributed by atoms with E-state index in [4.69, 9.17) is 14.3 Å². The highest BCUT2D eigenvalue weighted by Crippen LogP contribution is 2.33. The number of hydrazone groups is 1. The molecule has 2 amide bonds. The minimum absolute atomic E-state index is 0.0511. The Morgan fingerprint density at radius 1 is 1.06 bits per heavy atom. The summed E-state index contributed by atoms with van der Waals surface area (Å²) >= 11 is 0. The first kappa shape index (κ1) is 22.6. The number of rotatable bonds is 8. The number of carbonyl (C=O) groups is 2.